The number of rotatable bonds is 8. The highest BCUT2D eigenvalue weighted by Crippen LogP contribution is 2.23. The second kappa shape index (κ2) is 8.94. The summed E-state index contributed by atoms with van der Waals surface area (Å²) in [6.45, 7) is -2.58. The number of hydrogen-bond acceptors (Lipinski definition) is 11. The third kappa shape index (κ3) is 4.64. The molecule has 1 saturated heterocycles. The number of aliphatic hydroxyl groups excluding tert-OH is 8. The van der Waals surface area contributed by atoms with Crippen molar-refractivity contribution in [2.24, 2.45) is 0 Å². The Balaban J connectivity index is 2.79. The zero-order valence-corrected chi connectivity index (χ0v) is 12.0. The lowest BCUT2D eigenvalue weighted by molar-refractivity contribution is -0.310. The Kier molecular flexibility index (Phi) is 7.89. The molecule has 0 aliphatic carbocycles. The van der Waals surface area contributed by atoms with Gasteiger partial charge in [0.1, 0.15) is 42.7 Å². The van der Waals surface area contributed by atoms with Crippen LogP contribution in [0.3, 0.4) is 0 Å². The van der Waals surface area contributed by atoms with Crippen molar-refractivity contribution in [1.82, 2.24) is 0 Å². The van der Waals surface area contributed by atoms with E-state index in [1.54, 1.807) is 0 Å². The smallest absolute Gasteiger partial charge is 0.195 e. The average molecular weight is 342 g/mol. The minimum absolute atomic E-state index is 0.714. The van der Waals surface area contributed by atoms with E-state index in [9.17, 15) is 30.3 Å². The van der Waals surface area contributed by atoms with Crippen LogP contribution in [0.4, 0.5) is 0 Å². The van der Waals surface area contributed by atoms with E-state index < -0.39 is 74.6 Å². The molecule has 0 saturated carbocycles. The van der Waals surface area contributed by atoms with Gasteiger partial charge in [-0.1, -0.05) is 0 Å². The van der Waals surface area contributed by atoms with E-state index in [4.69, 9.17) is 24.8 Å². The van der Waals surface area contributed by atoms with Crippen molar-refractivity contribution in [2.75, 3.05) is 19.8 Å². The summed E-state index contributed by atoms with van der Waals surface area (Å²) in [5, 5.41) is 74.5. The fourth-order valence-electron chi connectivity index (χ4n) is 2.02. The SMILES string of the molecule is O=C([C@@H](CO)O[C@H]1O[C@H](CO)[C@@H](O)[C@H](O)[C@H]1O)[C@H](O)C(O)CO. The second-order valence-corrected chi connectivity index (χ2v) is 5.10. The van der Waals surface area contributed by atoms with Gasteiger partial charge in [-0.15, -0.1) is 0 Å². The van der Waals surface area contributed by atoms with Crippen molar-refractivity contribution in [2.45, 2.75) is 49.0 Å². The van der Waals surface area contributed by atoms with Gasteiger partial charge in [0.25, 0.3) is 0 Å². The summed E-state index contributed by atoms with van der Waals surface area (Å²) < 4.78 is 9.97. The molecule has 1 heterocycles. The Morgan fingerprint density at radius 3 is 2.09 bits per heavy atom. The second-order valence-electron chi connectivity index (χ2n) is 5.10. The maximum absolute atomic E-state index is 11.8. The van der Waals surface area contributed by atoms with Crippen LogP contribution in [0, 0.1) is 0 Å². The van der Waals surface area contributed by atoms with E-state index >= 15 is 0 Å². The first-order valence-corrected chi connectivity index (χ1v) is 6.86. The highest BCUT2D eigenvalue weighted by Gasteiger charge is 2.46. The van der Waals surface area contributed by atoms with Gasteiger partial charge in [-0.3, -0.25) is 4.79 Å². The average Bonchev–Trinajstić information content (AvgIpc) is 2.57. The molecule has 11 heteroatoms. The van der Waals surface area contributed by atoms with E-state index in [0.717, 1.165) is 0 Å². The van der Waals surface area contributed by atoms with Gasteiger partial charge < -0.3 is 50.3 Å². The number of ketones is 1. The first kappa shape index (κ1) is 20.3. The van der Waals surface area contributed by atoms with Crippen LogP contribution in [0.2, 0.25) is 0 Å². The van der Waals surface area contributed by atoms with Crippen molar-refractivity contribution < 1.29 is 55.1 Å². The summed E-state index contributed by atoms with van der Waals surface area (Å²) in [6.07, 6.45) is -13.7. The van der Waals surface area contributed by atoms with Crippen LogP contribution in [0.25, 0.3) is 0 Å². The first-order valence-electron chi connectivity index (χ1n) is 6.86. The van der Waals surface area contributed by atoms with Crippen molar-refractivity contribution in [1.29, 1.82) is 0 Å². The Hall–Kier alpha value is -0.730. The molecule has 1 aliphatic rings. The van der Waals surface area contributed by atoms with Gasteiger partial charge in [0.05, 0.1) is 19.8 Å². The summed E-state index contributed by atoms with van der Waals surface area (Å²) >= 11 is 0. The number of ether oxygens (including phenoxy) is 2. The van der Waals surface area contributed by atoms with Gasteiger partial charge in [-0.05, 0) is 0 Å². The molecule has 0 aromatic rings. The summed E-state index contributed by atoms with van der Waals surface area (Å²) in [7, 11) is 0. The van der Waals surface area contributed by atoms with Crippen LogP contribution < -0.4 is 0 Å². The molecule has 0 aromatic heterocycles. The summed E-state index contributed by atoms with van der Waals surface area (Å²) in [4.78, 5) is 11.8. The minimum Gasteiger partial charge on any atom is -0.394 e. The molecule has 136 valence electrons. The molecule has 23 heavy (non-hydrogen) atoms. The molecule has 8 atom stereocenters. The normalized spacial score (nSPS) is 35.6. The first-order chi connectivity index (χ1) is 10.8. The number of hydrogen-bond donors (Lipinski definition) is 8. The highest BCUT2D eigenvalue weighted by atomic mass is 16.7. The molecule has 0 radical (unpaired) electrons. The molecular weight excluding hydrogens is 320 g/mol. The van der Waals surface area contributed by atoms with E-state index in [1.165, 1.54) is 0 Å². The van der Waals surface area contributed by atoms with Crippen LogP contribution >= 0.6 is 0 Å². The molecule has 1 fully saturated rings. The predicted molar refractivity (Wildman–Crippen MR) is 69.8 cm³/mol. The molecule has 8 N–H and O–H groups in total. The quantitative estimate of drug-likeness (QED) is 0.209. The lowest BCUT2D eigenvalue weighted by Crippen LogP contribution is -2.60. The van der Waals surface area contributed by atoms with E-state index in [0.29, 0.717) is 0 Å². The number of carbonyl (C=O) groups is 1. The maximum Gasteiger partial charge on any atom is 0.195 e. The molecule has 0 bridgehead atoms. The largest absolute Gasteiger partial charge is 0.394 e. The molecule has 0 spiro atoms. The molecule has 11 nitrogen and oxygen atoms in total. The monoisotopic (exact) mass is 342 g/mol. The van der Waals surface area contributed by atoms with Crippen LogP contribution in [0.15, 0.2) is 0 Å². The molecule has 0 aromatic carbocycles. The van der Waals surface area contributed by atoms with E-state index in [-0.39, 0.29) is 0 Å². The van der Waals surface area contributed by atoms with Gasteiger partial charge in [-0.25, -0.2) is 0 Å². The third-order valence-corrected chi connectivity index (χ3v) is 3.47. The highest BCUT2D eigenvalue weighted by molar-refractivity contribution is 5.87. The Morgan fingerprint density at radius 1 is 1.00 bits per heavy atom. The van der Waals surface area contributed by atoms with Crippen LogP contribution in [0.1, 0.15) is 0 Å². The maximum atomic E-state index is 11.8. The van der Waals surface area contributed by atoms with Crippen LogP contribution in [-0.4, -0.2) is 115 Å². The lowest BCUT2D eigenvalue weighted by Gasteiger charge is -2.40. The Morgan fingerprint density at radius 2 is 1.61 bits per heavy atom. The number of aliphatic hydroxyl groups is 8. The van der Waals surface area contributed by atoms with E-state index in [1.807, 2.05) is 0 Å². The zero-order valence-electron chi connectivity index (χ0n) is 12.0. The van der Waals surface area contributed by atoms with Crippen molar-refractivity contribution in [3.8, 4) is 0 Å². The van der Waals surface area contributed by atoms with E-state index in [2.05, 4.69) is 0 Å². The van der Waals surface area contributed by atoms with Crippen molar-refractivity contribution >= 4 is 5.78 Å². The van der Waals surface area contributed by atoms with Gasteiger partial charge in [-0.2, -0.15) is 0 Å². The van der Waals surface area contributed by atoms with Gasteiger partial charge in [0.15, 0.2) is 12.1 Å². The Labute approximate surface area is 130 Å². The topological polar surface area (TPSA) is 197 Å². The summed E-state index contributed by atoms with van der Waals surface area (Å²) in [5.41, 5.74) is 0. The van der Waals surface area contributed by atoms with Crippen LogP contribution in [-0.2, 0) is 14.3 Å². The molecule has 1 rings (SSSR count). The van der Waals surface area contributed by atoms with Crippen molar-refractivity contribution in [3.63, 3.8) is 0 Å². The Bertz CT molecular complexity index is 376. The number of carbonyl (C=O) groups excluding carboxylic acids is 1. The minimum atomic E-state index is -2.05. The standard InChI is InChI=1S/C12H22O11/c13-1-4(16)7(17)8(18)5(2-14)22-12-11(21)10(20)9(19)6(3-15)23-12/h4-7,9-17,19-21H,1-3H2/t4?,5-,6-,7-,9-,10+,11-,12+/m1/s1. The van der Waals surface area contributed by atoms with Gasteiger partial charge in [0.2, 0.25) is 0 Å². The lowest BCUT2D eigenvalue weighted by atomic mass is 9.99. The summed E-state index contributed by atoms with van der Waals surface area (Å²) in [6, 6.07) is 0. The third-order valence-electron chi connectivity index (χ3n) is 3.47. The zero-order chi connectivity index (χ0) is 17.7. The predicted octanol–water partition coefficient (Wildman–Crippen LogP) is -5.55. The molecular formula is C12H22O11. The molecule has 0 amide bonds. The van der Waals surface area contributed by atoms with Gasteiger partial charge in [0, 0.05) is 0 Å². The van der Waals surface area contributed by atoms with Crippen LogP contribution in [0.5, 0.6) is 0 Å². The number of Topliss-reactive ketones (excluding diaryl/α,β-unsaturated/α-hetero) is 1. The molecule has 1 aliphatic heterocycles. The molecule has 1 unspecified atom stereocenters. The van der Waals surface area contributed by atoms with Gasteiger partial charge >= 0.3 is 0 Å². The van der Waals surface area contributed by atoms with Crippen molar-refractivity contribution in [3.05, 3.63) is 0 Å². The summed E-state index contributed by atoms with van der Waals surface area (Å²) in [5.74, 6) is -1.19. The fraction of sp³-hybridized carbons (Fsp3) is 0.917. The fourth-order valence-corrected chi connectivity index (χ4v) is 2.02.